The fraction of sp³-hybridized carbons (Fsp3) is 0.333. The maximum absolute atomic E-state index is 12.2. The van der Waals surface area contributed by atoms with Gasteiger partial charge in [0.2, 0.25) is 5.91 Å². The third-order valence-electron chi connectivity index (χ3n) is 3.62. The van der Waals surface area contributed by atoms with Gasteiger partial charge in [0.05, 0.1) is 12.2 Å². The van der Waals surface area contributed by atoms with Crippen molar-refractivity contribution in [3.8, 4) is 0 Å². The number of carbonyl (C=O) groups excluding carboxylic acids is 1. The van der Waals surface area contributed by atoms with Gasteiger partial charge in [-0.3, -0.25) is 9.48 Å². The molecule has 2 N–H and O–H groups in total. The summed E-state index contributed by atoms with van der Waals surface area (Å²) in [4.78, 5) is 12.2. The van der Waals surface area contributed by atoms with Crippen molar-refractivity contribution in [1.82, 2.24) is 20.4 Å². The van der Waals surface area contributed by atoms with E-state index in [-0.39, 0.29) is 24.4 Å². The molecule has 0 saturated heterocycles. The van der Waals surface area contributed by atoms with Crippen molar-refractivity contribution in [2.75, 3.05) is 0 Å². The number of benzene rings is 1. The van der Waals surface area contributed by atoms with E-state index in [4.69, 9.17) is 0 Å². The average molecular weight is 307 g/mol. The molecular weight excluding hydrogens is 288 g/mol. The molecule has 1 atom stereocenters. The fourth-order valence-corrected chi connectivity index (χ4v) is 2.52. The number of amides is 1. The van der Waals surface area contributed by atoms with Gasteiger partial charge < -0.3 is 10.6 Å². The van der Waals surface area contributed by atoms with Crippen LogP contribution in [0.15, 0.2) is 36.7 Å². The Morgan fingerprint density at radius 3 is 2.90 bits per heavy atom. The number of fused-ring (bicyclic) bond motifs is 1. The first-order valence-electron chi connectivity index (χ1n) is 6.78. The summed E-state index contributed by atoms with van der Waals surface area (Å²) in [6.07, 6.45) is 4.42. The summed E-state index contributed by atoms with van der Waals surface area (Å²) in [5.74, 6) is 0.0448. The largest absolute Gasteiger partial charge is 0.351 e. The van der Waals surface area contributed by atoms with Gasteiger partial charge in [-0.05, 0) is 17.5 Å². The normalized spacial score (nSPS) is 16.7. The molecule has 1 aliphatic rings. The number of hydrogen-bond donors (Lipinski definition) is 2. The lowest BCUT2D eigenvalue weighted by Crippen LogP contribution is -2.47. The lowest BCUT2D eigenvalue weighted by atomic mass is 9.95. The standard InChI is InChI=1S/C15H18N4O.ClH/c1-19-10-11(8-18-19)7-17-15(20)14-6-12-4-2-3-5-13(12)9-16-14;/h2-5,8,10,14,16H,6-7,9H2,1H3,(H,17,20);1H. The first-order chi connectivity index (χ1) is 9.72. The Labute approximate surface area is 130 Å². The molecule has 0 spiro atoms. The van der Waals surface area contributed by atoms with Crippen LogP contribution in [0.1, 0.15) is 16.7 Å². The van der Waals surface area contributed by atoms with Crippen LogP contribution in [-0.4, -0.2) is 21.7 Å². The minimum Gasteiger partial charge on any atom is -0.351 e. The summed E-state index contributed by atoms with van der Waals surface area (Å²) < 4.78 is 1.73. The molecule has 21 heavy (non-hydrogen) atoms. The van der Waals surface area contributed by atoms with Crippen molar-refractivity contribution in [2.45, 2.75) is 25.6 Å². The second-order valence-corrected chi connectivity index (χ2v) is 5.15. The van der Waals surface area contributed by atoms with E-state index in [9.17, 15) is 4.79 Å². The summed E-state index contributed by atoms with van der Waals surface area (Å²) in [6.45, 7) is 1.27. The van der Waals surface area contributed by atoms with Gasteiger partial charge in [-0.1, -0.05) is 24.3 Å². The molecule has 1 unspecified atom stereocenters. The number of aromatic nitrogens is 2. The zero-order valence-corrected chi connectivity index (χ0v) is 12.7. The van der Waals surface area contributed by atoms with Gasteiger partial charge in [0.1, 0.15) is 0 Å². The SMILES string of the molecule is Cl.Cn1cc(CNC(=O)C2Cc3ccccc3CN2)cn1. The van der Waals surface area contributed by atoms with Crippen molar-refractivity contribution in [1.29, 1.82) is 0 Å². The molecule has 6 heteroatoms. The van der Waals surface area contributed by atoms with Gasteiger partial charge in [0, 0.05) is 31.9 Å². The number of halogens is 1. The van der Waals surface area contributed by atoms with Crippen LogP contribution < -0.4 is 10.6 Å². The molecule has 1 aromatic heterocycles. The van der Waals surface area contributed by atoms with Gasteiger partial charge in [-0.15, -0.1) is 12.4 Å². The maximum atomic E-state index is 12.2. The number of nitrogens with one attached hydrogen (secondary N) is 2. The molecule has 0 bridgehead atoms. The van der Waals surface area contributed by atoms with Crippen LogP contribution in [0.3, 0.4) is 0 Å². The predicted molar refractivity (Wildman–Crippen MR) is 83.1 cm³/mol. The topological polar surface area (TPSA) is 59.0 Å². The van der Waals surface area contributed by atoms with Crippen molar-refractivity contribution in [3.05, 3.63) is 53.3 Å². The molecule has 0 aliphatic carbocycles. The summed E-state index contributed by atoms with van der Waals surface area (Å²) in [7, 11) is 1.87. The van der Waals surface area contributed by atoms with E-state index in [1.807, 2.05) is 25.4 Å². The number of hydrogen-bond acceptors (Lipinski definition) is 3. The Bertz CT molecular complexity index is 626. The maximum Gasteiger partial charge on any atom is 0.237 e. The van der Waals surface area contributed by atoms with Crippen LogP contribution in [0.5, 0.6) is 0 Å². The number of carbonyl (C=O) groups is 1. The monoisotopic (exact) mass is 306 g/mol. The number of rotatable bonds is 3. The highest BCUT2D eigenvalue weighted by Crippen LogP contribution is 2.16. The molecule has 0 saturated carbocycles. The molecular formula is C15H19ClN4O. The van der Waals surface area contributed by atoms with Crippen molar-refractivity contribution in [2.24, 2.45) is 7.05 Å². The van der Waals surface area contributed by atoms with Crippen LogP contribution in [0, 0.1) is 0 Å². The lowest BCUT2D eigenvalue weighted by molar-refractivity contribution is -0.123. The van der Waals surface area contributed by atoms with Crippen LogP contribution >= 0.6 is 12.4 Å². The second kappa shape index (κ2) is 6.74. The average Bonchev–Trinajstić information content (AvgIpc) is 2.90. The predicted octanol–water partition coefficient (Wildman–Crippen LogP) is 1.17. The number of aryl methyl sites for hydroxylation is 1. The van der Waals surface area contributed by atoms with E-state index in [1.165, 1.54) is 11.1 Å². The minimum atomic E-state index is -0.151. The Morgan fingerprint density at radius 1 is 1.43 bits per heavy atom. The minimum absolute atomic E-state index is 0. The van der Waals surface area contributed by atoms with Gasteiger partial charge in [0.15, 0.2) is 0 Å². The Morgan fingerprint density at radius 2 is 2.19 bits per heavy atom. The first kappa shape index (κ1) is 15.5. The Balaban J connectivity index is 0.00000161. The molecule has 1 amide bonds. The lowest BCUT2D eigenvalue weighted by Gasteiger charge is -2.25. The fourth-order valence-electron chi connectivity index (χ4n) is 2.52. The molecule has 2 heterocycles. The van der Waals surface area contributed by atoms with Gasteiger partial charge in [-0.2, -0.15) is 5.10 Å². The molecule has 1 aliphatic heterocycles. The van der Waals surface area contributed by atoms with E-state index in [0.717, 1.165) is 18.5 Å². The summed E-state index contributed by atoms with van der Waals surface area (Å²) in [6, 6.07) is 8.10. The van der Waals surface area contributed by atoms with Crippen molar-refractivity contribution in [3.63, 3.8) is 0 Å². The van der Waals surface area contributed by atoms with E-state index < -0.39 is 0 Å². The molecule has 112 valence electrons. The van der Waals surface area contributed by atoms with E-state index in [1.54, 1.807) is 10.9 Å². The third kappa shape index (κ3) is 3.62. The molecule has 1 aromatic carbocycles. The molecule has 0 fully saturated rings. The second-order valence-electron chi connectivity index (χ2n) is 5.15. The van der Waals surface area contributed by atoms with E-state index in [2.05, 4.69) is 27.9 Å². The molecule has 0 radical (unpaired) electrons. The first-order valence-corrected chi connectivity index (χ1v) is 6.78. The van der Waals surface area contributed by atoms with Crippen LogP contribution in [-0.2, 0) is 31.4 Å². The zero-order valence-electron chi connectivity index (χ0n) is 11.9. The Kier molecular flexibility index (Phi) is 4.98. The highest BCUT2D eigenvalue weighted by atomic mass is 35.5. The van der Waals surface area contributed by atoms with Crippen LogP contribution in [0.4, 0.5) is 0 Å². The van der Waals surface area contributed by atoms with Crippen LogP contribution in [0.2, 0.25) is 0 Å². The van der Waals surface area contributed by atoms with Crippen molar-refractivity contribution < 1.29 is 4.79 Å². The Hall–Kier alpha value is -1.85. The summed E-state index contributed by atoms with van der Waals surface area (Å²) in [5, 5.41) is 10.3. The van der Waals surface area contributed by atoms with E-state index >= 15 is 0 Å². The van der Waals surface area contributed by atoms with Crippen molar-refractivity contribution >= 4 is 18.3 Å². The highest BCUT2D eigenvalue weighted by Gasteiger charge is 2.23. The van der Waals surface area contributed by atoms with Crippen LogP contribution in [0.25, 0.3) is 0 Å². The van der Waals surface area contributed by atoms with Gasteiger partial charge >= 0.3 is 0 Å². The zero-order chi connectivity index (χ0) is 13.9. The summed E-state index contributed by atoms with van der Waals surface area (Å²) in [5.41, 5.74) is 3.55. The molecule has 3 rings (SSSR count). The van der Waals surface area contributed by atoms with Gasteiger partial charge in [0.25, 0.3) is 0 Å². The quantitative estimate of drug-likeness (QED) is 0.895. The highest BCUT2D eigenvalue weighted by molar-refractivity contribution is 5.85. The molecule has 2 aromatic rings. The smallest absolute Gasteiger partial charge is 0.237 e. The summed E-state index contributed by atoms with van der Waals surface area (Å²) >= 11 is 0. The van der Waals surface area contributed by atoms with Gasteiger partial charge in [-0.25, -0.2) is 0 Å². The third-order valence-corrected chi connectivity index (χ3v) is 3.62. The number of nitrogens with zero attached hydrogens (tertiary/aromatic N) is 2. The van der Waals surface area contributed by atoms with E-state index in [0.29, 0.717) is 6.54 Å². The molecule has 5 nitrogen and oxygen atoms in total.